The zero-order chi connectivity index (χ0) is 14.5. The third-order valence-corrected chi connectivity index (χ3v) is 5.01. The minimum atomic E-state index is -0.522. The topological polar surface area (TPSA) is 52.8 Å². The average molecular weight is 315 g/mol. The van der Waals surface area contributed by atoms with Crippen LogP contribution in [-0.4, -0.2) is 30.5 Å². The summed E-state index contributed by atoms with van der Waals surface area (Å²) < 4.78 is 7.97. The molecular weight excluding hydrogens is 299 g/mol. The summed E-state index contributed by atoms with van der Waals surface area (Å²) in [6.07, 6.45) is 3.81. The van der Waals surface area contributed by atoms with Gasteiger partial charge in [0.2, 0.25) is 0 Å². The molecule has 3 heterocycles. The fourth-order valence-electron chi connectivity index (χ4n) is 2.79. The highest BCUT2D eigenvalue weighted by Gasteiger charge is 2.50. The second-order valence-electron chi connectivity index (χ2n) is 5.36. The number of imidazole rings is 1. The first-order valence-corrected chi connectivity index (χ1v) is 7.39. The summed E-state index contributed by atoms with van der Waals surface area (Å²) in [4.78, 5) is 11.9. The molecule has 3 rings (SSSR count). The summed E-state index contributed by atoms with van der Waals surface area (Å²) in [5.41, 5.74) is 1.21. The molecule has 2 aromatic heterocycles. The molecule has 1 aliphatic rings. The summed E-state index contributed by atoms with van der Waals surface area (Å²) in [7, 11) is 0. The highest BCUT2D eigenvalue weighted by Crippen LogP contribution is 2.48. The molecule has 1 fully saturated rings. The smallest absolute Gasteiger partial charge is 0.166 e. The molecule has 108 valence electrons. The number of halogens is 2. The van der Waals surface area contributed by atoms with Crippen LogP contribution >= 0.6 is 23.2 Å². The van der Waals surface area contributed by atoms with E-state index in [1.165, 1.54) is 6.33 Å². The zero-order valence-corrected chi connectivity index (χ0v) is 13.1. The number of hydrogen-bond donors (Lipinski definition) is 0. The van der Waals surface area contributed by atoms with Crippen molar-refractivity contribution in [2.24, 2.45) is 5.92 Å². The lowest BCUT2D eigenvalue weighted by Gasteiger charge is -2.27. The van der Waals surface area contributed by atoms with Gasteiger partial charge in [0.1, 0.15) is 11.8 Å². The van der Waals surface area contributed by atoms with Crippen LogP contribution < -0.4 is 0 Å². The molecule has 0 spiro atoms. The Bertz CT molecular complexity index is 642. The summed E-state index contributed by atoms with van der Waals surface area (Å²) in [6.45, 7) is 6.21. The van der Waals surface area contributed by atoms with Crippen molar-refractivity contribution in [1.82, 2.24) is 19.5 Å². The van der Waals surface area contributed by atoms with Gasteiger partial charge in [0, 0.05) is 5.92 Å². The molecule has 4 atom stereocenters. The van der Waals surface area contributed by atoms with Crippen LogP contribution in [-0.2, 0) is 4.74 Å². The van der Waals surface area contributed by atoms with Crippen LogP contribution in [0.2, 0.25) is 5.15 Å². The predicted octanol–water partition coefficient (Wildman–Crippen LogP) is 3.42. The SMILES string of the molecule is CC[C@H]1O[C@@H](n2cnc3c(Cl)ncnc32)[C@](C)(Cl)[C@@H]1C. The molecule has 0 bridgehead atoms. The van der Waals surface area contributed by atoms with Gasteiger partial charge in [-0.1, -0.05) is 25.4 Å². The average Bonchev–Trinajstić information content (AvgIpc) is 2.92. The quantitative estimate of drug-likeness (QED) is 0.629. The predicted molar refractivity (Wildman–Crippen MR) is 78.0 cm³/mol. The van der Waals surface area contributed by atoms with E-state index in [2.05, 4.69) is 28.8 Å². The first kappa shape index (κ1) is 14.0. The van der Waals surface area contributed by atoms with E-state index in [0.29, 0.717) is 16.3 Å². The highest BCUT2D eigenvalue weighted by atomic mass is 35.5. The van der Waals surface area contributed by atoms with E-state index in [4.69, 9.17) is 27.9 Å². The molecule has 2 aromatic rings. The second-order valence-corrected chi connectivity index (χ2v) is 6.54. The number of fused-ring (bicyclic) bond motifs is 1. The molecule has 0 aromatic carbocycles. The standard InChI is InChI=1S/C13H16Cl2N4O/c1-4-8-7(2)13(3,15)12(20-8)19-6-18-9-10(14)16-5-17-11(9)19/h5-8,12H,4H2,1-3H3/t7-,8-,12-,13-/m1/s1. The molecule has 0 amide bonds. The van der Waals surface area contributed by atoms with Gasteiger partial charge in [0.25, 0.3) is 0 Å². The Kier molecular flexibility index (Phi) is 3.39. The summed E-state index contributed by atoms with van der Waals surface area (Å²) in [5.74, 6) is 0.230. The van der Waals surface area contributed by atoms with E-state index in [0.717, 1.165) is 6.42 Å². The Hall–Kier alpha value is -0.910. The molecule has 0 saturated carbocycles. The lowest BCUT2D eigenvalue weighted by molar-refractivity contribution is -0.00882. The van der Waals surface area contributed by atoms with Gasteiger partial charge in [0.05, 0.1) is 17.3 Å². The Morgan fingerprint density at radius 2 is 2.15 bits per heavy atom. The van der Waals surface area contributed by atoms with Crippen LogP contribution in [0.3, 0.4) is 0 Å². The zero-order valence-electron chi connectivity index (χ0n) is 11.5. The largest absolute Gasteiger partial charge is 0.352 e. The Morgan fingerprint density at radius 1 is 1.40 bits per heavy atom. The highest BCUT2D eigenvalue weighted by molar-refractivity contribution is 6.33. The van der Waals surface area contributed by atoms with Gasteiger partial charge < -0.3 is 4.74 Å². The molecule has 0 N–H and O–H groups in total. The maximum absolute atomic E-state index is 6.74. The van der Waals surface area contributed by atoms with Crippen molar-refractivity contribution in [2.75, 3.05) is 0 Å². The third kappa shape index (κ3) is 1.91. The molecule has 20 heavy (non-hydrogen) atoms. The maximum Gasteiger partial charge on any atom is 0.166 e. The number of hydrogen-bond acceptors (Lipinski definition) is 4. The summed E-state index contributed by atoms with van der Waals surface area (Å²) >= 11 is 12.8. The fraction of sp³-hybridized carbons (Fsp3) is 0.615. The molecular formula is C13H16Cl2N4O. The van der Waals surface area contributed by atoms with Crippen LogP contribution in [0.1, 0.15) is 33.4 Å². The van der Waals surface area contributed by atoms with Gasteiger partial charge in [-0.3, -0.25) is 4.57 Å². The van der Waals surface area contributed by atoms with Crippen molar-refractivity contribution in [1.29, 1.82) is 0 Å². The minimum Gasteiger partial charge on any atom is -0.352 e. The van der Waals surface area contributed by atoms with E-state index < -0.39 is 4.87 Å². The van der Waals surface area contributed by atoms with Crippen molar-refractivity contribution in [3.8, 4) is 0 Å². The van der Waals surface area contributed by atoms with Crippen LogP contribution in [0.5, 0.6) is 0 Å². The van der Waals surface area contributed by atoms with E-state index in [9.17, 15) is 0 Å². The number of ether oxygens (including phenoxy) is 1. The second kappa shape index (κ2) is 4.83. The Labute approximate surface area is 127 Å². The van der Waals surface area contributed by atoms with Crippen molar-refractivity contribution in [2.45, 2.75) is 44.4 Å². The van der Waals surface area contributed by atoms with E-state index >= 15 is 0 Å². The number of nitrogens with zero attached hydrogens (tertiary/aromatic N) is 4. The third-order valence-electron chi connectivity index (χ3n) is 4.20. The number of rotatable bonds is 2. The van der Waals surface area contributed by atoms with Gasteiger partial charge in [-0.05, 0) is 13.3 Å². The van der Waals surface area contributed by atoms with Crippen molar-refractivity contribution >= 4 is 34.4 Å². The maximum atomic E-state index is 6.74. The lowest BCUT2D eigenvalue weighted by atomic mass is 9.90. The van der Waals surface area contributed by atoms with Crippen molar-refractivity contribution in [3.63, 3.8) is 0 Å². The van der Waals surface area contributed by atoms with Gasteiger partial charge in [-0.25, -0.2) is 15.0 Å². The van der Waals surface area contributed by atoms with Gasteiger partial charge in [-0.2, -0.15) is 0 Å². The lowest BCUT2D eigenvalue weighted by Crippen LogP contribution is -2.32. The molecule has 1 aliphatic heterocycles. The van der Waals surface area contributed by atoms with Crippen LogP contribution in [0, 0.1) is 5.92 Å². The molecule has 7 heteroatoms. The number of alkyl halides is 1. The number of aromatic nitrogens is 4. The van der Waals surface area contributed by atoms with E-state index in [1.807, 2.05) is 11.5 Å². The van der Waals surface area contributed by atoms with Gasteiger partial charge in [-0.15, -0.1) is 11.6 Å². The molecule has 1 saturated heterocycles. The molecule has 5 nitrogen and oxygen atoms in total. The molecule has 0 radical (unpaired) electrons. The van der Waals surface area contributed by atoms with Crippen LogP contribution in [0.15, 0.2) is 12.7 Å². The first-order chi connectivity index (χ1) is 9.46. The Morgan fingerprint density at radius 3 is 2.80 bits per heavy atom. The summed E-state index contributed by atoms with van der Waals surface area (Å²) in [5, 5.41) is 0.336. The van der Waals surface area contributed by atoms with Crippen LogP contribution in [0.25, 0.3) is 11.2 Å². The van der Waals surface area contributed by atoms with E-state index in [-0.39, 0.29) is 18.2 Å². The molecule has 0 unspecified atom stereocenters. The Balaban J connectivity index is 2.10. The monoisotopic (exact) mass is 314 g/mol. The van der Waals surface area contributed by atoms with E-state index in [1.54, 1.807) is 6.33 Å². The van der Waals surface area contributed by atoms with Gasteiger partial charge in [0.15, 0.2) is 17.0 Å². The normalized spacial score (nSPS) is 34.0. The fourth-order valence-corrected chi connectivity index (χ4v) is 3.26. The van der Waals surface area contributed by atoms with Crippen molar-refractivity contribution in [3.05, 3.63) is 17.8 Å². The first-order valence-electron chi connectivity index (χ1n) is 6.64. The molecule has 0 aliphatic carbocycles. The van der Waals surface area contributed by atoms with Crippen LogP contribution in [0.4, 0.5) is 0 Å². The minimum absolute atomic E-state index is 0.122. The van der Waals surface area contributed by atoms with Crippen molar-refractivity contribution < 1.29 is 4.74 Å². The van der Waals surface area contributed by atoms with Gasteiger partial charge >= 0.3 is 0 Å². The summed E-state index contributed by atoms with van der Waals surface area (Å²) in [6, 6.07) is 0.